The third-order valence-corrected chi connectivity index (χ3v) is 3.92. The van der Waals surface area contributed by atoms with Crippen LogP contribution in [0.4, 0.5) is 14.5 Å². The van der Waals surface area contributed by atoms with Gasteiger partial charge in [0.05, 0.1) is 17.2 Å². The minimum absolute atomic E-state index is 0.00777. The molecule has 1 heterocycles. The van der Waals surface area contributed by atoms with Crippen LogP contribution in [0.3, 0.4) is 0 Å². The van der Waals surface area contributed by atoms with Crippen LogP contribution in [0.1, 0.15) is 31.5 Å². The summed E-state index contributed by atoms with van der Waals surface area (Å²) in [4.78, 5) is 4.47. The van der Waals surface area contributed by atoms with Gasteiger partial charge in [0.15, 0.2) is 0 Å². The van der Waals surface area contributed by atoms with Crippen molar-refractivity contribution >= 4 is 17.0 Å². The number of thiazole rings is 1. The summed E-state index contributed by atoms with van der Waals surface area (Å²) in [5.41, 5.74) is 0.678. The smallest absolute Gasteiger partial charge is 0.149 e. The van der Waals surface area contributed by atoms with Gasteiger partial charge in [-0.1, -0.05) is 26.8 Å². The Balaban J connectivity index is 2.09. The lowest BCUT2D eigenvalue weighted by molar-refractivity contribution is 0.581. The third kappa shape index (κ3) is 3.29. The van der Waals surface area contributed by atoms with Crippen molar-refractivity contribution in [3.05, 3.63) is 45.9 Å². The first-order chi connectivity index (χ1) is 8.88. The predicted octanol–water partition coefficient (Wildman–Crippen LogP) is 4.33. The predicted molar refractivity (Wildman–Crippen MR) is 74.5 cm³/mol. The van der Waals surface area contributed by atoms with Gasteiger partial charge >= 0.3 is 0 Å². The lowest BCUT2D eigenvalue weighted by atomic mass is 9.98. The zero-order chi connectivity index (χ0) is 14.0. The summed E-state index contributed by atoms with van der Waals surface area (Å²) in [7, 11) is 0. The molecule has 102 valence electrons. The van der Waals surface area contributed by atoms with Gasteiger partial charge in [0.25, 0.3) is 0 Å². The number of nitrogens with zero attached hydrogens (tertiary/aromatic N) is 1. The summed E-state index contributed by atoms with van der Waals surface area (Å²) >= 11 is 1.56. The standard InChI is InChI=1S/C14H16F2N2S/c1-14(2,3)13-18-9(8-19-13)7-17-12-10(15)5-4-6-11(12)16/h4-6,8,17H,7H2,1-3H3. The SMILES string of the molecule is CC(C)(C)c1nc(CNc2c(F)cccc2F)cs1. The molecular weight excluding hydrogens is 266 g/mol. The summed E-state index contributed by atoms with van der Waals surface area (Å²) in [6.45, 7) is 6.56. The molecule has 0 radical (unpaired) electrons. The maximum atomic E-state index is 13.4. The maximum Gasteiger partial charge on any atom is 0.149 e. The Kier molecular flexibility index (Phi) is 3.85. The summed E-state index contributed by atoms with van der Waals surface area (Å²) in [5.74, 6) is -1.18. The summed E-state index contributed by atoms with van der Waals surface area (Å²) in [5, 5.41) is 5.68. The molecule has 0 amide bonds. The van der Waals surface area contributed by atoms with E-state index in [9.17, 15) is 8.78 Å². The average Bonchev–Trinajstić information content (AvgIpc) is 2.77. The molecule has 1 aromatic carbocycles. The molecule has 0 saturated carbocycles. The molecule has 2 nitrogen and oxygen atoms in total. The van der Waals surface area contributed by atoms with Crippen molar-refractivity contribution < 1.29 is 8.78 Å². The van der Waals surface area contributed by atoms with E-state index in [-0.39, 0.29) is 11.1 Å². The topological polar surface area (TPSA) is 24.9 Å². The second kappa shape index (κ2) is 5.25. The number of para-hydroxylation sites is 1. The lowest BCUT2D eigenvalue weighted by Crippen LogP contribution is -2.11. The van der Waals surface area contributed by atoms with Gasteiger partial charge in [-0.05, 0) is 12.1 Å². The van der Waals surface area contributed by atoms with E-state index in [1.807, 2.05) is 5.38 Å². The Morgan fingerprint density at radius 1 is 1.21 bits per heavy atom. The maximum absolute atomic E-state index is 13.4. The van der Waals surface area contributed by atoms with Gasteiger partial charge in [-0.3, -0.25) is 0 Å². The molecule has 1 N–H and O–H groups in total. The minimum Gasteiger partial charge on any atom is -0.375 e. The molecule has 0 bridgehead atoms. The van der Waals surface area contributed by atoms with Crippen molar-refractivity contribution in [2.75, 3.05) is 5.32 Å². The van der Waals surface area contributed by atoms with Crippen LogP contribution in [0, 0.1) is 11.6 Å². The Morgan fingerprint density at radius 3 is 2.37 bits per heavy atom. The highest BCUT2D eigenvalue weighted by molar-refractivity contribution is 7.09. The summed E-state index contributed by atoms with van der Waals surface area (Å²) in [6, 6.07) is 3.80. The Morgan fingerprint density at radius 2 is 1.84 bits per heavy atom. The van der Waals surface area contributed by atoms with E-state index in [1.165, 1.54) is 18.2 Å². The molecule has 0 aliphatic carbocycles. The van der Waals surface area contributed by atoms with Crippen molar-refractivity contribution in [1.82, 2.24) is 4.98 Å². The highest BCUT2D eigenvalue weighted by Gasteiger charge is 2.18. The van der Waals surface area contributed by atoms with Crippen LogP contribution >= 0.6 is 11.3 Å². The molecule has 2 aromatic rings. The molecule has 0 unspecified atom stereocenters. The van der Waals surface area contributed by atoms with Crippen LogP contribution in [-0.4, -0.2) is 4.98 Å². The normalized spacial score (nSPS) is 11.6. The van der Waals surface area contributed by atoms with Crippen LogP contribution in [0.25, 0.3) is 0 Å². The van der Waals surface area contributed by atoms with E-state index in [4.69, 9.17) is 0 Å². The van der Waals surface area contributed by atoms with E-state index in [1.54, 1.807) is 11.3 Å². The quantitative estimate of drug-likeness (QED) is 0.906. The number of rotatable bonds is 3. The van der Waals surface area contributed by atoms with Gasteiger partial charge in [0.2, 0.25) is 0 Å². The first kappa shape index (κ1) is 13.9. The minimum atomic E-state index is -0.591. The van der Waals surface area contributed by atoms with Gasteiger partial charge in [0, 0.05) is 10.8 Å². The molecule has 19 heavy (non-hydrogen) atoms. The zero-order valence-electron chi connectivity index (χ0n) is 11.1. The lowest BCUT2D eigenvalue weighted by Gasteiger charge is -2.13. The zero-order valence-corrected chi connectivity index (χ0v) is 11.9. The van der Waals surface area contributed by atoms with Crippen LogP contribution < -0.4 is 5.32 Å². The number of aromatic nitrogens is 1. The molecule has 0 aliphatic heterocycles. The summed E-state index contributed by atoms with van der Waals surface area (Å²) < 4.78 is 26.9. The molecule has 0 fully saturated rings. The molecular formula is C14H16F2N2S. The second-order valence-corrected chi connectivity index (χ2v) is 6.20. The van der Waals surface area contributed by atoms with Gasteiger partial charge in [0.1, 0.15) is 17.3 Å². The molecule has 1 aromatic heterocycles. The molecule has 5 heteroatoms. The number of benzene rings is 1. The van der Waals surface area contributed by atoms with Crippen molar-refractivity contribution in [2.45, 2.75) is 32.7 Å². The summed E-state index contributed by atoms with van der Waals surface area (Å²) in [6.07, 6.45) is 0. The van der Waals surface area contributed by atoms with Crippen molar-refractivity contribution in [3.8, 4) is 0 Å². The fourth-order valence-corrected chi connectivity index (χ4v) is 2.49. The first-order valence-corrected chi connectivity index (χ1v) is 6.88. The van der Waals surface area contributed by atoms with E-state index >= 15 is 0 Å². The van der Waals surface area contributed by atoms with Crippen LogP contribution in [0.2, 0.25) is 0 Å². The van der Waals surface area contributed by atoms with Crippen LogP contribution in [-0.2, 0) is 12.0 Å². The number of anilines is 1. The monoisotopic (exact) mass is 282 g/mol. The van der Waals surface area contributed by atoms with Gasteiger partial charge < -0.3 is 5.32 Å². The Labute approximate surface area is 115 Å². The second-order valence-electron chi connectivity index (χ2n) is 5.34. The largest absolute Gasteiger partial charge is 0.375 e. The van der Waals surface area contributed by atoms with Crippen molar-refractivity contribution in [3.63, 3.8) is 0 Å². The van der Waals surface area contributed by atoms with Crippen LogP contribution in [0.5, 0.6) is 0 Å². The van der Waals surface area contributed by atoms with Crippen molar-refractivity contribution in [2.24, 2.45) is 0 Å². The molecule has 0 saturated heterocycles. The molecule has 2 rings (SSSR count). The van der Waals surface area contributed by atoms with E-state index in [2.05, 4.69) is 31.1 Å². The molecule has 0 aliphatic rings. The highest BCUT2D eigenvalue weighted by Crippen LogP contribution is 2.26. The fourth-order valence-electron chi connectivity index (χ4n) is 1.58. The number of halogens is 2. The third-order valence-electron chi connectivity index (χ3n) is 2.60. The highest BCUT2D eigenvalue weighted by atomic mass is 32.1. The fraction of sp³-hybridized carbons (Fsp3) is 0.357. The van der Waals surface area contributed by atoms with Crippen molar-refractivity contribution in [1.29, 1.82) is 0 Å². The first-order valence-electron chi connectivity index (χ1n) is 6.00. The number of hydrogen-bond donors (Lipinski definition) is 1. The van der Waals surface area contributed by atoms with Crippen LogP contribution in [0.15, 0.2) is 23.6 Å². The van der Waals surface area contributed by atoms with Gasteiger partial charge in [-0.25, -0.2) is 13.8 Å². The number of nitrogens with one attached hydrogen (secondary N) is 1. The van der Waals surface area contributed by atoms with Gasteiger partial charge in [-0.15, -0.1) is 11.3 Å². The molecule has 0 atom stereocenters. The Bertz CT molecular complexity index is 553. The average molecular weight is 282 g/mol. The van der Waals surface area contributed by atoms with E-state index < -0.39 is 11.6 Å². The van der Waals surface area contributed by atoms with E-state index in [0.29, 0.717) is 6.54 Å². The molecule has 0 spiro atoms. The van der Waals surface area contributed by atoms with E-state index in [0.717, 1.165) is 10.7 Å². The Hall–Kier alpha value is -1.49. The number of hydrogen-bond acceptors (Lipinski definition) is 3. The van der Waals surface area contributed by atoms with Gasteiger partial charge in [-0.2, -0.15) is 0 Å².